The van der Waals surface area contributed by atoms with E-state index in [0.29, 0.717) is 30.3 Å². The van der Waals surface area contributed by atoms with Gasteiger partial charge in [0.05, 0.1) is 7.11 Å². The molecule has 0 spiro atoms. The van der Waals surface area contributed by atoms with Crippen molar-refractivity contribution >= 4 is 12.1 Å². The molecule has 0 aromatic heterocycles. The van der Waals surface area contributed by atoms with Gasteiger partial charge in [0.1, 0.15) is 13.2 Å². The molecule has 1 N–H and O–H groups in total. The van der Waals surface area contributed by atoms with E-state index in [1.807, 2.05) is 60.7 Å². The van der Waals surface area contributed by atoms with Gasteiger partial charge in [-0.15, -0.1) is 0 Å². The van der Waals surface area contributed by atoms with Gasteiger partial charge in [0.2, 0.25) is 0 Å². The fraction of sp³-hybridized carbons (Fsp3) is 0.200. The molecule has 0 aliphatic carbocycles. The van der Waals surface area contributed by atoms with Crippen LogP contribution in [0.2, 0.25) is 0 Å². The summed E-state index contributed by atoms with van der Waals surface area (Å²) in [4.78, 5) is 23.9. The molecule has 3 aromatic rings. The highest BCUT2D eigenvalue weighted by Gasteiger charge is 2.41. The fourth-order valence-corrected chi connectivity index (χ4v) is 3.39. The van der Waals surface area contributed by atoms with Crippen LogP contribution in [0.5, 0.6) is 11.5 Å². The summed E-state index contributed by atoms with van der Waals surface area (Å²) in [6, 6.07) is 23.8. The van der Waals surface area contributed by atoms with E-state index < -0.39 is 24.2 Å². The molecule has 4 rings (SSSR count). The van der Waals surface area contributed by atoms with Crippen LogP contribution in [0.4, 0.5) is 4.79 Å². The molecule has 2 unspecified atom stereocenters. The molecule has 1 aliphatic rings. The van der Waals surface area contributed by atoms with Gasteiger partial charge in [-0.05, 0) is 28.8 Å². The number of rotatable bonds is 8. The Balaban J connectivity index is 1.59. The maximum Gasteiger partial charge on any atom is 0.408 e. The second-order valence-electron chi connectivity index (χ2n) is 7.23. The Bertz CT molecular complexity index is 1070. The van der Waals surface area contributed by atoms with Crippen molar-refractivity contribution in [3.05, 3.63) is 95.6 Å². The third kappa shape index (κ3) is 5.00. The van der Waals surface area contributed by atoms with Crippen molar-refractivity contribution in [2.75, 3.05) is 7.11 Å². The maximum atomic E-state index is 12.1. The summed E-state index contributed by atoms with van der Waals surface area (Å²) in [5.41, 5.74) is 2.60. The van der Waals surface area contributed by atoms with Crippen LogP contribution in [0.3, 0.4) is 0 Å². The van der Waals surface area contributed by atoms with Crippen molar-refractivity contribution in [2.45, 2.75) is 25.4 Å². The molecular weight excluding hydrogens is 410 g/mol. The number of esters is 1. The van der Waals surface area contributed by atoms with Crippen LogP contribution >= 0.6 is 0 Å². The fourth-order valence-electron chi connectivity index (χ4n) is 3.39. The van der Waals surface area contributed by atoms with Gasteiger partial charge in [-0.2, -0.15) is 0 Å². The molecule has 1 aliphatic heterocycles. The Morgan fingerprint density at radius 2 is 1.47 bits per heavy atom. The summed E-state index contributed by atoms with van der Waals surface area (Å²) in [6.45, 7) is 0.696. The lowest BCUT2D eigenvalue weighted by atomic mass is 10.0. The Kier molecular flexibility index (Phi) is 6.55. The number of cyclic esters (lactones) is 1. The van der Waals surface area contributed by atoms with E-state index in [1.54, 1.807) is 18.2 Å². The topological polar surface area (TPSA) is 83.1 Å². The first-order valence-electron chi connectivity index (χ1n) is 10.2. The Hall–Kier alpha value is -4.00. The van der Waals surface area contributed by atoms with Crippen molar-refractivity contribution in [1.29, 1.82) is 0 Å². The van der Waals surface area contributed by atoms with Crippen LogP contribution in [0.15, 0.2) is 78.9 Å². The van der Waals surface area contributed by atoms with E-state index in [-0.39, 0.29) is 0 Å². The summed E-state index contributed by atoms with van der Waals surface area (Å²) in [6.07, 6.45) is -1.52. The zero-order chi connectivity index (χ0) is 22.3. The van der Waals surface area contributed by atoms with Gasteiger partial charge in [0.25, 0.3) is 0 Å². The van der Waals surface area contributed by atoms with Gasteiger partial charge >= 0.3 is 12.1 Å². The Labute approximate surface area is 185 Å². The largest absolute Gasteiger partial charge is 0.485 e. The average molecular weight is 433 g/mol. The number of methoxy groups -OCH3 is 1. The van der Waals surface area contributed by atoms with Gasteiger partial charge in [-0.1, -0.05) is 66.7 Å². The predicted molar refractivity (Wildman–Crippen MR) is 116 cm³/mol. The first-order chi connectivity index (χ1) is 15.6. The monoisotopic (exact) mass is 433 g/mol. The number of amides is 1. The zero-order valence-corrected chi connectivity index (χ0v) is 17.5. The molecule has 1 amide bonds. The molecule has 7 heteroatoms. The lowest BCUT2D eigenvalue weighted by molar-refractivity contribution is -0.144. The van der Waals surface area contributed by atoms with Crippen molar-refractivity contribution in [3.8, 4) is 11.5 Å². The lowest BCUT2D eigenvalue weighted by Gasteiger charge is -2.18. The summed E-state index contributed by atoms with van der Waals surface area (Å²) in [5, 5.41) is 2.48. The van der Waals surface area contributed by atoms with Crippen LogP contribution < -0.4 is 14.8 Å². The summed E-state index contributed by atoms with van der Waals surface area (Å²) >= 11 is 0. The number of carbonyl (C=O) groups is 2. The first kappa shape index (κ1) is 21.2. The predicted octanol–water partition coefficient (Wildman–Crippen LogP) is 4.17. The highest BCUT2D eigenvalue weighted by atomic mass is 16.6. The molecule has 1 heterocycles. The minimum Gasteiger partial charge on any atom is -0.485 e. The number of nitrogens with one attached hydrogen (secondary N) is 1. The first-order valence-corrected chi connectivity index (χ1v) is 10.2. The van der Waals surface area contributed by atoms with Crippen molar-refractivity contribution < 1.29 is 28.5 Å². The summed E-state index contributed by atoms with van der Waals surface area (Å²) in [7, 11) is 1.26. The van der Waals surface area contributed by atoms with Gasteiger partial charge in [-0.3, -0.25) is 0 Å². The molecule has 3 aromatic carbocycles. The van der Waals surface area contributed by atoms with Crippen LogP contribution in [0, 0.1) is 0 Å². The quantitative estimate of drug-likeness (QED) is 0.537. The van der Waals surface area contributed by atoms with Crippen molar-refractivity contribution in [3.63, 3.8) is 0 Å². The molecule has 1 fully saturated rings. The molecule has 7 nitrogen and oxygen atoms in total. The maximum absolute atomic E-state index is 12.1. The third-order valence-electron chi connectivity index (χ3n) is 5.04. The van der Waals surface area contributed by atoms with Crippen LogP contribution in [-0.2, 0) is 27.5 Å². The van der Waals surface area contributed by atoms with E-state index >= 15 is 0 Å². The second-order valence-corrected chi connectivity index (χ2v) is 7.23. The Morgan fingerprint density at radius 1 is 0.875 bits per heavy atom. The molecule has 2 atom stereocenters. The number of ether oxygens (including phenoxy) is 4. The highest BCUT2D eigenvalue weighted by molar-refractivity contribution is 5.85. The molecular formula is C25H23NO6. The molecule has 32 heavy (non-hydrogen) atoms. The number of hydrogen-bond donors (Lipinski definition) is 1. The molecule has 0 saturated carbocycles. The van der Waals surface area contributed by atoms with E-state index in [1.165, 1.54) is 7.11 Å². The Morgan fingerprint density at radius 3 is 2.06 bits per heavy atom. The summed E-state index contributed by atoms with van der Waals surface area (Å²) in [5.74, 6) is 0.436. The summed E-state index contributed by atoms with van der Waals surface area (Å²) < 4.78 is 22.2. The van der Waals surface area contributed by atoms with Crippen LogP contribution in [-0.4, -0.2) is 25.2 Å². The van der Waals surface area contributed by atoms with Crippen molar-refractivity contribution in [2.24, 2.45) is 0 Å². The van der Waals surface area contributed by atoms with E-state index in [9.17, 15) is 9.59 Å². The smallest absolute Gasteiger partial charge is 0.408 e. The minimum atomic E-state index is -0.939. The minimum absolute atomic E-state index is 0.328. The van der Waals surface area contributed by atoms with Crippen LogP contribution in [0.1, 0.15) is 22.8 Å². The zero-order valence-electron chi connectivity index (χ0n) is 17.5. The lowest BCUT2D eigenvalue weighted by Crippen LogP contribution is -2.36. The molecule has 0 bridgehead atoms. The average Bonchev–Trinajstić information content (AvgIpc) is 3.24. The molecule has 164 valence electrons. The normalized spacial score (nSPS) is 17.2. The molecule has 0 radical (unpaired) electrons. The third-order valence-corrected chi connectivity index (χ3v) is 5.04. The number of benzene rings is 3. The SMILES string of the molecule is COC(=O)C1NC(=O)OC1c1ccc(OCc2ccccc2)c(OCc2ccccc2)c1. The van der Waals surface area contributed by atoms with Gasteiger partial charge in [0, 0.05) is 0 Å². The second kappa shape index (κ2) is 9.87. The van der Waals surface area contributed by atoms with Crippen molar-refractivity contribution in [1.82, 2.24) is 5.32 Å². The van der Waals surface area contributed by atoms with E-state index in [4.69, 9.17) is 18.9 Å². The number of carbonyl (C=O) groups excluding carboxylic acids is 2. The van der Waals surface area contributed by atoms with E-state index in [2.05, 4.69) is 5.32 Å². The van der Waals surface area contributed by atoms with Crippen LogP contribution in [0.25, 0.3) is 0 Å². The highest BCUT2D eigenvalue weighted by Crippen LogP contribution is 2.35. The van der Waals surface area contributed by atoms with Gasteiger partial charge < -0.3 is 24.3 Å². The van der Waals surface area contributed by atoms with Gasteiger partial charge in [-0.25, -0.2) is 9.59 Å². The number of alkyl carbamates (subject to hydrolysis) is 1. The number of hydrogen-bond acceptors (Lipinski definition) is 6. The molecule has 1 saturated heterocycles. The van der Waals surface area contributed by atoms with Gasteiger partial charge in [0.15, 0.2) is 23.6 Å². The standard InChI is InChI=1S/C25H23NO6/c1-29-24(27)22-23(32-25(28)26-22)19-12-13-20(30-15-17-8-4-2-5-9-17)21(14-19)31-16-18-10-6-3-7-11-18/h2-14,22-23H,15-16H2,1H3,(H,26,28). The van der Waals surface area contributed by atoms with E-state index in [0.717, 1.165) is 11.1 Å².